The van der Waals surface area contributed by atoms with Gasteiger partial charge < -0.3 is 14.2 Å². The molecule has 0 fully saturated rings. The van der Waals surface area contributed by atoms with E-state index < -0.39 is 0 Å². The quantitative estimate of drug-likeness (QED) is 0.523. The van der Waals surface area contributed by atoms with Crippen molar-refractivity contribution < 1.29 is 19.0 Å². The lowest BCUT2D eigenvalue weighted by Gasteiger charge is -2.12. The maximum atomic E-state index is 12.0. The second-order valence-corrected chi connectivity index (χ2v) is 6.02. The van der Waals surface area contributed by atoms with Crippen LogP contribution < -0.4 is 14.2 Å². The van der Waals surface area contributed by atoms with Crippen LogP contribution in [-0.2, 0) is 11.2 Å². The largest absolute Gasteiger partial charge is 0.493 e. The first-order valence-electron chi connectivity index (χ1n) is 6.90. The minimum absolute atomic E-state index is 0.204. The van der Waals surface area contributed by atoms with Crippen molar-refractivity contribution in [1.29, 1.82) is 0 Å². The number of benzene rings is 2. The zero-order chi connectivity index (χ0) is 16.8. The molecule has 0 bridgehead atoms. The van der Waals surface area contributed by atoms with E-state index >= 15 is 0 Å². The predicted molar refractivity (Wildman–Crippen MR) is 92.7 cm³/mol. The number of halogens is 2. The molecule has 0 saturated carbocycles. The lowest BCUT2D eigenvalue weighted by molar-refractivity contribution is -0.134. The van der Waals surface area contributed by atoms with Gasteiger partial charge in [-0.15, -0.1) is 0 Å². The summed E-state index contributed by atoms with van der Waals surface area (Å²) in [6, 6.07) is 10.6. The molecule has 0 heterocycles. The maximum Gasteiger partial charge on any atom is 0.311 e. The van der Waals surface area contributed by atoms with Gasteiger partial charge in [0.25, 0.3) is 0 Å². The molecule has 23 heavy (non-hydrogen) atoms. The SMILES string of the molecule is COc1cccc(CCC(=O)Oc2ccc(Br)cc2Cl)c1OC. The van der Waals surface area contributed by atoms with Crippen molar-refractivity contribution in [3.05, 3.63) is 51.5 Å². The summed E-state index contributed by atoms with van der Waals surface area (Å²) in [6.45, 7) is 0. The lowest BCUT2D eigenvalue weighted by Crippen LogP contribution is -2.10. The molecule has 0 unspecified atom stereocenters. The van der Waals surface area contributed by atoms with Gasteiger partial charge in [0.05, 0.1) is 25.7 Å². The number of aryl methyl sites for hydroxylation is 1. The number of methoxy groups -OCH3 is 2. The van der Waals surface area contributed by atoms with Gasteiger partial charge in [-0.25, -0.2) is 0 Å². The van der Waals surface area contributed by atoms with Crippen molar-refractivity contribution in [2.45, 2.75) is 12.8 Å². The Bertz CT molecular complexity index is 703. The number of esters is 1. The van der Waals surface area contributed by atoms with Crippen LogP contribution in [0.25, 0.3) is 0 Å². The Kier molecular flexibility index (Phi) is 6.30. The molecule has 0 aromatic heterocycles. The standard InChI is InChI=1S/C17H16BrClO4/c1-21-15-5-3-4-11(17(15)22-2)6-9-16(20)23-14-8-7-12(18)10-13(14)19/h3-5,7-8,10H,6,9H2,1-2H3. The highest BCUT2D eigenvalue weighted by atomic mass is 79.9. The van der Waals surface area contributed by atoms with Crippen LogP contribution in [0.4, 0.5) is 0 Å². The number of carbonyl (C=O) groups is 1. The Morgan fingerprint density at radius 3 is 2.57 bits per heavy atom. The summed E-state index contributed by atoms with van der Waals surface area (Å²) >= 11 is 9.34. The van der Waals surface area contributed by atoms with E-state index in [4.69, 9.17) is 25.8 Å². The van der Waals surface area contributed by atoms with Crippen LogP contribution in [0.15, 0.2) is 40.9 Å². The number of rotatable bonds is 6. The van der Waals surface area contributed by atoms with E-state index in [1.165, 1.54) is 0 Å². The third kappa shape index (κ3) is 4.62. The molecule has 122 valence electrons. The van der Waals surface area contributed by atoms with Gasteiger partial charge in [0, 0.05) is 4.47 Å². The van der Waals surface area contributed by atoms with E-state index in [0.717, 1.165) is 10.0 Å². The smallest absolute Gasteiger partial charge is 0.311 e. The minimum atomic E-state index is -0.362. The van der Waals surface area contributed by atoms with Crippen LogP contribution in [0.3, 0.4) is 0 Å². The van der Waals surface area contributed by atoms with Gasteiger partial charge >= 0.3 is 5.97 Å². The van der Waals surface area contributed by atoms with E-state index in [2.05, 4.69) is 15.9 Å². The van der Waals surface area contributed by atoms with E-state index in [1.807, 2.05) is 18.2 Å². The Morgan fingerprint density at radius 2 is 1.91 bits per heavy atom. The Morgan fingerprint density at radius 1 is 1.13 bits per heavy atom. The normalized spacial score (nSPS) is 10.3. The van der Waals surface area contributed by atoms with Crippen LogP contribution in [0.5, 0.6) is 17.2 Å². The highest BCUT2D eigenvalue weighted by Gasteiger charge is 2.13. The first-order valence-corrected chi connectivity index (χ1v) is 8.08. The molecule has 2 rings (SSSR count). The second kappa shape index (κ2) is 8.22. The summed E-state index contributed by atoms with van der Waals surface area (Å²) in [6.07, 6.45) is 0.684. The van der Waals surface area contributed by atoms with Crippen LogP contribution >= 0.6 is 27.5 Å². The van der Waals surface area contributed by atoms with Crippen LogP contribution in [0.2, 0.25) is 5.02 Å². The summed E-state index contributed by atoms with van der Waals surface area (Å²) in [4.78, 5) is 12.0. The highest BCUT2D eigenvalue weighted by molar-refractivity contribution is 9.10. The summed E-state index contributed by atoms with van der Waals surface area (Å²) in [7, 11) is 3.15. The molecule has 0 saturated heterocycles. The van der Waals surface area contributed by atoms with E-state index in [0.29, 0.717) is 28.7 Å². The maximum absolute atomic E-state index is 12.0. The molecular weight excluding hydrogens is 384 g/mol. The van der Waals surface area contributed by atoms with Gasteiger partial charge in [-0.05, 0) is 36.2 Å². The number of para-hydroxylation sites is 1. The van der Waals surface area contributed by atoms with Crippen LogP contribution in [-0.4, -0.2) is 20.2 Å². The molecule has 2 aromatic carbocycles. The average Bonchev–Trinajstić information content (AvgIpc) is 2.55. The molecule has 0 spiro atoms. The number of hydrogen-bond donors (Lipinski definition) is 0. The summed E-state index contributed by atoms with van der Waals surface area (Å²) in [5, 5.41) is 0.381. The first kappa shape index (κ1) is 17.6. The zero-order valence-corrected chi connectivity index (χ0v) is 15.1. The van der Waals surface area contributed by atoms with Gasteiger partial charge in [-0.1, -0.05) is 39.7 Å². The number of carbonyl (C=O) groups excluding carboxylic acids is 1. The molecule has 6 heteroatoms. The van der Waals surface area contributed by atoms with Crippen molar-refractivity contribution in [2.75, 3.05) is 14.2 Å². The first-order chi connectivity index (χ1) is 11.0. The van der Waals surface area contributed by atoms with Crippen molar-refractivity contribution in [2.24, 2.45) is 0 Å². The van der Waals surface area contributed by atoms with Gasteiger partial charge in [0.15, 0.2) is 11.5 Å². The summed E-state index contributed by atoms with van der Waals surface area (Å²) < 4.78 is 16.7. The third-order valence-corrected chi connectivity index (χ3v) is 3.99. The van der Waals surface area contributed by atoms with Crippen LogP contribution in [0.1, 0.15) is 12.0 Å². The Hall–Kier alpha value is -1.72. The molecular formula is C17H16BrClO4. The highest BCUT2D eigenvalue weighted by Crippen LogP contribution is 2.32. The molecule has 0 atom stereocenters. The van der Waals surface area contributed by atoms with E-state index in [1.54, 1.807) is 32.4 Å². The topological polar surface area (TPSA) is 44.8 Å². The van der Waals surface area contributed by atoms with Crippen LogP contribution in [0, 0.1) is 0 Å². The third-order valence-electron chi connectivity index (χ3n) is 3.20. The molecule has 0 amide bonds. The van der Waals surface area contributed by atoms with E-state index in [9.17, 15) is 4.79 Å². The molecule has 0 N–H and O–H groups in total. The number of ether oxygens (including phenoxy) is 3. The van der Waals surface area contributed by atoms with Crippen molar-refractivity contribution in [3.63, 3.8) is 0 Å². The van der Waals surface area contributed by atoms with Gasteiger partial charge in [0.2, 0.25) is 0 Å². The van der Waals surface area contributed by atoms with Gasteiger partial charge in [-0.3, -0.25) is 4.79 Å². The fraction of sp³-hybridized carbons (Fsp3) is 0.235. The molecule has 0 radical (unpaired) electrons. The Labute approximate surface area is 148 Å². The van der Waals surface area contributed by atoms with Gasteiger partial charge in [-0.2, -0.15) is 0 Å². The Balaban J connectivity index is 2.02. The molecule has 4 nitrogen and oxygen atoms in total. The second-order valence-electron chi connectivity index (χ2n) is 4.70. The molecule has 0 aliphatic heterocycles. The average molecular weight is 400 g/mol. The monoisotopic (exact) mass is 398 g/mol. The summed E-state index contributed by atoms with van der Waals surface area (Å²) in [5.74, 6) is 1.25. The van der Waals surface area contributed by atoms with Crippen molar-refractivity contribution in [3.8, 4) is 17.2 Å². The lowest BCUT2D eigenvalue weighted by atomic mass is 10.1. The molecule has 0 aliphatic rings. The van der Waals surface area contributed by atoms with E-state index in [-0.39, 0.29) is 12.4 Å². The van der Waals surface area contributed by atoms with Crippen molar-refractivity contribution >= 4 is 33.5 Å². The summed E-state index contributed by atoms with van der Waals surface area (Å²) in [5.41, 5.74) is 0.880. The fourth-order valence-corrected chi connectivity index (χ4v) is 2.83. The van der Waals surface area contributed by atoms with Crippen molar-refractivity contribution in [1.82, 2.24) is 0 Å². The predicted octanol–water partition coefficient (Wildman–Crippen LogP) is 4.66. The molecule has 0 aliphatic carbocycles. The number of hydrogen-bond acceptors (Lipinski definition) is 4. The minimum Gasteiger partial charge on any atom is -0.493 e. The zero-order valence-electron chi connectivity index (χ0n) is 12.8. The fourth-order valence-electron chi connectivity index (χ4n) is 2.12. The van der Waals surface area contributed by atoms with Gasteiger partial charge in [0.1, 0.15) is 5.75 Å². The molecule has 2 aromatic rings.